The van der Waals surface area contributed by atoms with Gasteiger partial charge in [-0.15, -0.1) is 0 Å². The summed E-state index contributed by atoms with van der Waals surface area (Å²) in [4.78, 5) is 28.5. The molecule has 1 aliphatic heterocycles. The van der Waals surface area contributed by atoms with Crippen molar-refractivity contribution in [2.45, 2.75) is 51.1 Å². The van der Waals surface area contributed by atoms with Gasteiger partial charge in [0, 0.05) is 18.7 Å². The molecular formula is C18H26N3O4S. The summed E-state index contributed by atoms with van der Waals surface area (Å²) in [6.45, 7) is 5.69. The molecule has 1 N–H and O–H groups in total. The first-order valence-corrected chi connectivity index (χ1v) is 10.2. The summed E-state index contributed by atoms with van der Waals surface area (Å²) in [5.41, 5.74) is 0.595. The highest BCUT2D eigenvalue weighted by Gasteiger charge is 2.33. The minimum atomic E-state index is -3.83. The molecule has 0 bridgehead atoms. The number of amides is 1. The van der Waals surface area contributed by atoms with Gasteiger partial charge in [0.05, 0.1) is 12.6 Å². The van der Waals surface area contributed by atoms with Crippen molar-refractivity contribution in [1.82, 2.24) is 14.6 Å². The Hall–Kier alpha value is -1.80. The third-order valence-corrected chi connectivity index (χ3v) is 5.93. The minimum absolute atomic E-state index is 0.0574. The summed E-state index contributed by atoms with van der Waals surface area (Å²) in [5, 5.41) is 2.65. The van der Waals surface area contributed by atoms with Crippen molar-refractivity contribution in [1.29, 1.82) is 0 Å². The van der Waals surface area contributed by atoms with E-state index in [1.54, 1.807) is 19.1 Å². The van der Waals surface area contributed by atoms with Crippen molar-refractivity contribution in [3.05, 3.63) is 30.3 Å². The molecule has 26 heavy (non-hydrogen) atoms. The monoisotopic (exact) mass is 380 g/mol. The fourth-order valence-corrected chi connectivity index (χ4v) is 4.16. The molecule has 1 saturated heterocycles. The fourth-order valence-electron chi connectivity index (χ4n) is 2.72. The number of carbonyl (C=O) groups excluding carboxylic acids is 2. The van der Waals surface area contributed by atoms with Gasteiger partial charge in [-0.25, -0.2) is 13.4 Å². The van der Waals surface area contributed by atoms with Gasteiger partial charge in [0.25, 0.3) is 10.0 Å². The van der Waals surface area contributed by atoms with Crippen LogP contribution in [0.25, 0.3) is 0 Å². The number of aromatic nitrogens is 1. The molecule has 1 fully saturated rings. The van der Waals surface area contributed by atoms with Crippen LogP contribution in [-0.2, 0) is 19.6 Å². The summed E-state index contributed by atoms with van der Waals surface area (Å²) < 4.78 is 26.7. The number of sulfonamides is 1. The number of nitrogens with zero attached hydrogens (tertiary/aromatic N) is 2. The maximum atomic E-state index is 12.8. The topological polar surface area (TPSA) is 96.4 Å². The van der Waals surface area contributed by atoms with Crippen LogP contribution in [0.1, 0.15) is 38.8 Å². The highest BCUT2D eigenvalue weighted by Crippen LogP contribution is 2.18. The van der Waals surface area contributed by atoms with Crippen LogP contribution in [-0.4, -0.2) is 48.5 Å². The molecule has 1 amide bonds. The molecule has 1 aromatic heterocycles. The Morgan fingerprint density at radius 3 is 2.81 bits per heavy atom. The zero-order valence-electron chi connectivity index (χ0n) is 15.4. The van der Waals surface area contributed by atoms with Gasteiger partial charge in [-0.1, -0.05) is 19.9 Å². The first-order chi connectivity index (χ1) is 12.2. The third-order valence-electron chi connectivity index (χ3n) is 4.18. The Morgan fingerprint density at radius 2 is 2.15 bits per heavy atom. The molecule has 0 saturated carbocycles. The largest absolute Gasteiger partial charge is 0.346 e. The molecule has 2 heterocycles. The van der Waals surface area contributed by atoms with E-state index in [1.807, 2.05) is 13.8 Å². The van der Waals surface area contributed by atoms with Gasteiger partial charge in [0.15, 0.2) is 10.8 Å². The quantitative estimate of drug-likeness (QED) is 0.806. The Bertz CT molecular complexity index is 761. The van der Waals surface area contributed by atoms with Crippen LogP contribution in [0.4, 0.5) is 0 Å². The Balaban J connectivity index is 2.05. The molecule has 8 heteroatoms. The predicted molar refractivity (Wildman–Crippen MR) is 97.7 cm³/mol. The number of rotatable bonds is 6. The molecule has 0 spiro atoms. The number of carbonyl (C=O) groups is 2. The molecule has 0 aromatic carbocycles. The molecule has 0 unspecified atom stereocenters. The van der Waals surface area contributed by atoms with Gasteiger partial charge in [0.1, 0.15) is 0 Å². The summed E-state index contributed by atoms with van der Waals surface area (Å²) in [7, 11) is -3.83. The predicted octanol–water partition coefficient (Wildman–Crippen LogP) is 1.48. The average Bonchev–Trinajstić information content (AvgIpc) is 2.75. The zero-order chi connectivity index (χ0) is 19.3. The van der Waals surface area contributed by atoms with Crippen molar-refractivity contribution in [3.8, 4) is 0 Å². The lowest BCUT2D eigenvalue weighted by Crippen LogP contribution is -2.44. The summed E-state index contributed by atoms with van der Waals surface area (Å²) >= 11 is 0. The van der Waals surface area contributed by atoms with E-state index in [0.29, 0.717) is 30.9 Å². The molecule has 7 nitrogen and oxygen atoms in total. The van der Waals surface area contributed by atoms with Gasteiger partial charge < -0.3 is 5.32 Å². The second-order valence-corrected chi connectivity index (χ2v) is 8.84. The van der Waals surface area contributed by atoms with E-state index in [-0.39, 0.29) is 29.8 Å². The standard InChI is InChI=1S/C18H26N3O4S/c1-13(2)9-10-17(23)20-15-7-5-11-21(12-16(15)22)26(24,25)18-8-4-6-14(3)19-18/h4,6,8,10,13,15H,5,7,9,11-12H2,1-3H3,(H,20,23)/t15-/m0/s1. The molecule has 0 aliphatic carbocycles. The first-order valence-electron chi connectivity index (χ1n) is 8.80. The van der Waals surface area contributed by atoms with Crippen LogP contribution in [0.2, 0.25) is 0 Å². The van der Waals surface area contributed by atoms with E-state index < -0.39 is 16.1 Å². The second-order valence-electron chi connectivity index (χ2n) is 6.96. The molecule has 1 radical (unpaired) electrons. The second kappa shape index (κ2) is 8.73. The lowest BCUT2D eigenvalue weighted by molar-refractivity contribution is -0.126. The Kier molecular flexibility index (Phi) is 6.88. The van der Waals surface area contributed by atoms with Crippen molar-refractivity contribution >= 4 is 21.7 Å². The van der Waals surface area contributed by atoms with Crippen molar-refractivity contribution in [3.63, 3.8) is 0 Å². The van der Waals surface area contributed by atoms with Gasteiger partial charge in [-0.3, -0.25) is 9.59 Å². The minimum Gasteiger partial charge on any atom is -0.346 e. The molecule has 2 rings (SSSR count). The van der Waals surface area contributed by atoms with E-state index in [9.17, 15) is 18.0 Å². The SMILES string of the molecule is Cc1cccc(S(=O)(=O)N2CCC[C@H](NC(=O)[CH]CC(C)C)C(=O)C2)n1. The number of Topliss-reactive ketones (excluding diaryl/α,β-unsaturated/α-hetero) is 1. The number of aryl methyl sites for hydroxylation is 1. The summed E-state index contributed by atoms with van der Waals surface area (Å²) in [5.74, 6) is -0.230. The van der Waals surface area contributed by atoms with E-state index >= 15 is 0 Å². The molecule has 143 valence electrons. The van der Waals surface area contributed by atoms with E-state index in [1.165, 1.54) is 12.5 Å². The molecule has 1 aliphatic rings. The van der Waals surface area contributed by atoms with Crippen molar-refractivity contribution in [2.75, 3.05) is 13.1 Å². The number of pyridine rings is 1. The lowest BCUT2D eigenvalue weighted by Gasteiger charge is -2.19. The molecular weight excluding hydrogens is 354 g/mol. The Morgan fingerprint density at radius 1 is 1.42 bits per heavy atom. The maximum Gasteiger partial charge on any atom is 0.260 e. The normalized spacial score (nSPS) is 19.4. The molecule has 1 atom stereocenters. The highest BCUT2D eigenvalue weighted by atomic mass is 32.2. The van der Waals surface area contributed by atoms with Crippen LogP contribution in [0.3, 0.4) is 0 Å². The van der Waals surface area contributed by atoms with Gasteiger partial charge >= 0.3 is 0 Å². The van der Waals surface area contributed by atoms with Gasteiger partial charge in [-0.05, 0) is 44.2 Å². The number of hydrogen-bond acceptors (Lipinski definition) is 5. The number of ketones is 1. The van der Waals surface area contributed by atoms with Gasteiger partial charge in [-0.2, -0.15) is 4.31 Å². The average molecular weight is 380 g/mol. The fraction of sp³-hybridized carbons (Fsp3) is 0.556. The van der Waals surface area contributed by atoms with Crippen molar-refractivity contribution < 1.29 is 18.0 Å². The van der Waals surface area contributed by atoms with E-state index in [2.05, 4.69) is 10.3 Å². The number of nitrogens with one attached hydrogen (secondary N) is 1. The first kappa shape index (κ1) is 20.5. The third kappa shape index (κ3) is 5.35. The summed E-state index contributed by atoms with van der Waals surface area (Å²) in [6.07, 6.45) is 3.08. The van der Waals surface area contributed by atoms with Crippen LogP contribution in [0.5, 0.6) is 0 Å². The molecule has 1 aromatic rings. The maximum absolute atomic E-state index is 12.8. The smallest absolute Gasteiger partial charge is 0.260 e. The highest BCUT2D eigenvalue weighted by molar-refractivity contribution is 7.89. The van der Waals surface area contributed by atoms with Crippen LogP contribution < -0.4 is 5.32 Å². The lowest BCUT2D eigenvalue weighted by atomic mass is 10.1. The van der Waals surface area contributed by atoms with E-state index in [0.717, 1.165) is 4.31 Å². The Labute approximate surface area is 155 Å². The van der Waals surface area contributed by atoms with Crippen molar-refractivity contribution in [2.24, 2.45) is 5.92 Å². The number of hydrogen-bond donors (Lipinski definition) is 1. The summed E-state index contributed by atoms with van der Waals surface area (Å²) in [6, 6.07) is 4.11. The van der Waals surface area contributed by atoms with Crippen LogP contribution >= 0.6 is 0 Å². The van der Waals surface area contributed by atoms with Crippen LogP contribution in [0.15, 0.2) is 23.2 Å². The van der Waals surface area contributed by atoms with Crippen LogP contribution in [0, 0.1) is 19.3 Å². The zero-order valence-corrected chi connectivity index (χ0v) is 16.3. The van der Waals surface area contributed by atoms with E-state index in [4.69, 9.17) is 0 Å². The van der Waals surface area contributed by atoms with Gasteiger partial charge in [0.2, 0.25) is 5.91 Å².